The summed E-state index contributed by atoms with van der Waals surface area (Å²) in [7, 11) is 1.53. The number of benzene rings is 2. The second-order valence-electron chi connectivity index (χ2n) is 3.93. The van der Waals surface area contributed by atoms with Crippen molar-refractivity contribution in [3.05, 3.63) is 64.2 Å². The zero-order valence-electron chi connectivity index (χ0n) is 9.96. The van der Waals surface area contributed by atoms with Gasteiger partial charge in [0.25, 0.3) is 0 Å². The lowest BCUT2D eigenvalue weighted by atomic mass is 10.0. The summed E-state index contributed by atoms with van der Waals surface area (Å²) in [5.41, 5.74) is 1.00. The zero-order valence-corrected chi connectivity index (χ0v) is 11.5. The molecule has 0 aliphatic carbocycles. The molecule has 0 fully saturated rings. The van der Waals surface area contributed by atoms with Gasteiger partial charge in [0, 0.05) is 5.02 Å². The maximum Gasteiger partial charge on any atom is 0.160 e. The summed E-state index contributed by atoms with van der Waals surface area (Å²) < 4.78 is 31.4. The van der Waals surface area contributed by atoms with Crippen molar-refractivity contribution in [2.75, 3.05) is 7.11 Å². The highest BCUT2D eigenvalue weighted by Gasteiger charge is 2.18. The molecule has 0 radical (unpaired) electrons. The van der Waals surface area contributed by atoms with Gasteiger partial charge in [0.05, 0.1) is 12.5 Å². The minimum Gasteiger partial charge on any atom is -0.497 e. The standard InChI is InChI=1S/C14H10Cl2F2O/c1-19-9-4-2-3-8(5-9)14(16)10-6-12(17)13(18)7-11(10)15/h2-7,14H,1H3. The summed E-state index contributed by atoms with van der Waals surface area (Å²) in [5.74, 6) is -1.35. The maximum absolute atomic E-state index is 13.3. The minimum absolute atomic E-state index is 0.0849. The van der Waals surface area contributed by atoms with E-state index in [9.17, 15) is 8.78 Å². The minimum atomic E-state index is -0.997. The number of methoxy groups -OCH3 is 1. The molecule has 1 unspecified atom stereocenters. The molecule has 0 saturated heterocycles. The van der Waals surface area contributed by atoms with Crippen LogP contribution in [-0.4, -0.2) is 7.11 Å². The third kappa shape index (κ3) is 2.99. The Bertz CT molecular complexity index is 602. The van der Waals surface area contributed by atoms with Crippen LogP contribution in [0.2, 0.25) is 5.02 Å². The largest absolute Gasteiger partial charge is 0.497 e. The Labute approximate surface area is 119 Å². The molecule has 0 bridgehead atoms. The number of ether oxygens (including phenoxy) is 1. The van der Waals surface area contributed by atoms with Crippen LogP contribution in [0.15, 0.2) is 36.4 Å². The summed E-state index contributed by atoms with van der Waals surface area (Å²) in [5, 5.41) is -0.598. The Hall–Kier alpha value is -1.32. The van der Waals surface area contributed by atoms with Crippen molar-refractivity contribution in [2.24, 2.45) is 0 Å². The van der Waals surface area contributed by atoms with E-state index in [1.807, 2.05) is 0 Å². The predicted octanol–water partition coefficient (Wildman–Crippen LogP) is 4.96. The van der Waals surface area contributed by atoms with Gasteiger partial charge < -0.3 is 4.74 Å². The van der Waals surface area contributed by atoms with E-state index in [-0.39, 0.29) is 5.02 Å². The third-order valence-electron chi connectivity index (χ3n) is 2.70. The van der Waals surface area contributed by atoms with E-state index in [2.05, 4.69) is 0 Å². The quantitative estimate of drug-likeness (QED) is 0.575. The van der Waals surface area contributed by atoms with Gasteiger partial charge in [-0.15, -0.1) is 11.6 Å². The van der Waals surface area contributed by atoms with Crippen LogP contribution in [0, 0.1) is 11.6 Å². The average Bonchev–Trinajstić information content (AvgIpc) is 2.42. The van der Waals surface area contributed by atoms with Crippen molar-refractivity contribution < 1.29 is 13.5 Å². The third-order valence-corrected chi connectivity index (χ3v) is 3.51. The van der Waals surface area contributed by atoms with Crippen LogP contribution in [0.3, 0.4) is 0 Å². The predicted molar refractivity (Wildman–Crippen MR) is 72.1 cm³/mol. The molecule has 0 heterocycles. The average molecular weight is 303 g/mol. The number of halogens is 4. The van der Waals surface area contributed by atoms with Gasteiger partial charge in [-0.2, -0.15) is 0 Å². The smallest absolute Gasteiger partial charge is 0.160 e. The number of alkyl halides is 1. The van der Waals surface area contributed by atoms with Gasteiger partial charge in [0.2, 0.25) is 0 Å². The molecule has 19 heavy (non-hydrogen) atoms. The fourth-order valence-electron chi connectivity index (χ4n) is 1.71. The van der Waals surface area contributed by atoms with Crippen LogP contribution in [0.25, 0.3) is 0 Å². The molecule has 1 nitrogen and oxygen atoms in total. The molecule has 0 aromatic heterocycles. The molecule has 0 aliphatic heterocycles. The summed E-state index contributed by atoms with van der Waals surface area (Å²) in [6.45, 7) is 0. The normalized spacial score (nSPS) is 12.3. The summed E-state index contributed by atoms with van der Waals surface area (Å²) in [4.78, 5) is 0. The Morgan fingerprint density at radius 2 is 1.79 bits per heavy atom. The van der Waals surface area contributed by atoms with Gasteiger partial charge in [0.15, 0.2) is 11.6 Å². The van der Waals surface area contributed by atoms with E-state index < -0.39 is 17.0 Å². The Morgan fingerprint density at radius 1 is 1.11 bits per heavy atom. The molecule has 2 aromatic rings. The molecule has 100 valence electrons. The van der Waals surface area contributed by atoms with Gasteiger partial charge in [-0.1, -0.05) is 23.7 Å². The molecule has 5 heteroatoms. The lowest BCUT2D eigenvalue weighted by Crippen LogP contribution is -1.98. The SMILES string of the molecule is COc1cccc(C(Cl)c2cc(F)c(F)cc2Cl)c1. The highest BCUT2D eigenvalue weighted by atomic mass is 35.5. The van der Waals surface area contributed by atoms with Crippen LogP contribution < -0.4 is 4.74 Å². The molecular formula is C14H10Cl2F2O. The summed E-state index contributed by atoms with van der Waals surface area (Å²) >= 11 is 12.2. The lowest BCUT2D eigenvalue weighted by molar-refractivity contribution is 0.414. The van der Waals surface area contributed by atoms with E-state index in [1.165, 1.54) is 7.11 Å². The van der Waals surface area contributed by atoms with Crippen molar-refractivity contribution in [1.29, 1.82) is 0 Å². The number of rotatable bonds is 3. The first-order valence-corrected chi connectivity index (χ1v) is 6.27. The monoisotopic (exact) mass is 302 g/mol. The molecule has 2 rings (SSSR count). The lowest BCUT2D eigenvalue weighted by Gasteiger charge is -2.13. The second-order valence-corrected chi connectivity index (χ2v) is 4.77. The number of hydrogen-bond acceptors (Lipinski definition) is 1. The van der Waals surface area contributed by atoms with Gasteiger partial charge in [-0.25, -0.2) is 8.78 Å². The van der Waals surface area contributed by atoms with Gasteiger partial charge in [0.1, 0.15) is 5.75 Å². The van der Waals surface area contributed by atoms with E-state index in [0.717, 1.165) is 12.1 Å². The fourth-order valence-corrected chi connectivity index (χ4v) is 2.34. The van der Waals surface area contributed by atoms with Gasteiger partial charge >= 0.3 is 0 Å². The summed E-state index contributed by atoms with van der Waals surface area (Å²) in [6.07, 6.45) is 0. The van der Waals surface area contributed by atoms with Gasteiger partial charge in [-0.05, 0) is 35.4 Å². The first kappa shape index (κ1) is 14.1. The van der Waals surface area contributed by atoms with Gasteiger partial charge in [-0.3, -0.25) is 0 Å². The Morgan fingerprint density at radius 3 is 2.47 bits per heavy atom. The van der Waals surface area contributed by atoms with E-state index in [0.29, 0.717) is 16.9 Å². The molecule has 2 aromatic carbocycles. The second kappa shape index (κ2) is 5.76. The van der Waals surface area contributed by atoms with Crippen LogP contribution in [0.4, 0.5) is 8.78 Å². The highest BCUT2D eigenvalue weighted by molar-refractivity contribution is 6.33. The first-order valence-electron chi connectivity index (χ1n) is 5.45. The zero-order chi connectivity index (χ0) is 14.0. The molecule has 0 aliphatic rings. The van der Waals surface area contributed by atoms with E-state index in [4.69, 9.17) is 27.9 Å². The summed E-state index contributed by atoms with van der Waals surface area (Å²) in [6, 6.07) is 8.93. The molecule has 0 spiro atoms. The van der Waals surface area contributed by atoms with Crippen LogP contribution >= 0.6 is 23.2 Å². The number of hydrogen-bond donors (Lipinski definition) is 0. The molecule has 1 atom stereocenters. The van der Waals surface area contributed by atoms with E-state index >= 15 is 0 Å². The van der Waals surface area contributed by atoms with Crippen molar-refractivity contribution in [2.45, 2.75) is 5.38 Å². The van der Waals surface area contributed by atoms with Crippen LogP contribution in [0.5, 0.6) is 5.75 Å². The van der Waals surface area contributed by atoms with Crippen molar-refractivity contribution in [1.82, 2.24) is 0 Å². The highest BCUT2D eigenvalue weighted by Crippen LogP contribution is 2.35. The Balaban J connectivity index is 2.43. The fraction of sp³-hybridized carbons (Fsp3) is 0.143. The molecule has 0 amide bonds. The Kier molecular flexibility index (Phi) is 4.27. The molecule has 0 N–H and O–H groups in total. The van der Waals surface area contributed by atoms with E-state index in [1.54, 1.807) is 24.3 Å². The van der Waals surface area contributed by atoms with Crippen LogP contribution in [0.1, 0.15) is 16.5 Å². The van der Waals surface area contributed by atoms with Crippen molar-refractivity contribution in [3.63, 3.8) is 0 Å². The molecule has 0 saturated carbocycles. The van der Waals surface area contributed by atoms with Crippen LogP contribution in [-0.2, 0) is 0 Å². The maximum atomic E-state index is 13.3. The van der Waals surface area contributed by atoms with Crippen molar-refractivity contribution in [3.8, 4) is 5.75 Å². The molecular weight excluding hydrogens is 293 g/mol. The van der Waals surface area contributed by atoms with Crippen molar-refractivity contribution >= 4 is 23.2 Å². The first-order chi connectivity index (χ1) is 9.02. The topological polar surface area (TPSA) is 9.23 Å².